The molecule has 9 rings (SSSR count). The summed E-state index contributed by atoms with van der Waals surface area (Å²) in [4.78, 5) is 14.3. The maximum Gasteiger partial charge on any atom is 0.164 e. The van der Waals surface area contributed by atoms with Crippen molar-refractivity contribution in [2.45, 2.75) is 0 Å². The molecule has 0 radical (unpaired) electrons. The molecule has 3 heteroatoms. The zero-order chi connectivity index (χ0) is 44.9. The van der Waals surface area contributed by atoms with E-state index < -0.39 is 107 Å². The highest BCUT2D eigenvalue weighted by Crippen LogP contribution is 2.38. The second-order valence-electron chi connectivity index (χ2n) is 10.8. The first kappa shape index (κ1) is 16.4. The van der Waals surface area contributed by atoms with Gasteiger partial charge in [0, 0.05) is 16.7 Å². The molecule has 0 unspecified atom stereocenters. The summed E-state index contributed by atoms with van der Waals surface area (Å²) in [6.45, 7) is 0. The minimum absolute atomic E-state index is 0.152. The van der Waals surface area contributed by atoms with Crippen LogP contribution in [-0.4, -0.2) is 15.0 Å². The van der Waals surface area contributed by atoms with Gasteiger partial charge in [-0.05, 0) is 66.7 Å². The summed E-state index contributed by atoms with van der Waals surface area (Å²) >= 11 is 0. The van der Waals surface area contributed by atoms with E-state index in [0.717, 1.165) is 11.1 Å². The summed E-state index contributed by atoms with van der Waals surface area (Å²) in [7, 11) is 0. The van der Waals surface area contributed by atoms with Crippen LogP contribution in [0, 0.1) is 0 Å². The van der Waals surface area contributed by atoms with Crippen molar-refractivity contribution < 1.29 is 20.6 Å². The summed E-state index contributed by atoms with van der Waals surface area (Å²) in [5, 5.41) is -2.17. The molecule has 1 aromatic heterocycles. The minimum Gasteiger partial charge on any atom is -0.208 e. The summed E-state index contributed by atoms with van der Waals surface area (Å²) in [5.41, 5.74) is 1.29. The molecule has 0 saturated heterocycles. The molecule has 0 saturated carbocycles. The summed E-state index contributed by atoms with van der Waals surface area (Å²) < 4.78 is 135. The zero-order valence-electron chi connectivity index (χ0n) is 39.9. The highest BCUT2D eigenvalue weighted by molar-refractivity contribution is 6.25. The van der Waals surface area contributed by atoms with E-state index in [9.17, 15) is 5.48 Å². The second-order valence-corrected chi connectivity index (χ2v) is 10.8. The van der Waals surface area contributed by atoms with E-state index in [1.165, 1.54) is 0 Å². The fourth-order valence-electron chi connectivity index (χ4n) is 5.73. The molecule has 48 heavy (non-hydrogen) atoms. The van der Waals surface area contributed by atoms with Gasteiger partial charge in [-0.3, -0.25) is 0 Å². The van der Waals surface area contributed by atoms with Crippen molar-refractivity contribution in [2.24, 2.45) is 0 Å². The molecule has 1 heterocycles. The van der Waals surface area contributed by atoms with E-state index in [4.69, 9.17) is 30.0 Å². The Balaban J connectivity index is 1.42. The Morgan fingerprint density at radius 3 is 1.46 bits per heavy atom. The maximum atomic E-state index is 9.71. The Bertz CT molecular complexity index is 3410. The van der Waals surface area contributed by atoms with Crippen LogP contribution in [-0.2, 0) is 0 Å². The lowest BCUT2D eigenvalue weighted by atomic mass is 9.92. The van der Waals surface area contributed by atoms with Crippen LogP contribution in [0.1, 0.15) is 20.6 Å². The Hall–Kier alpha value is -6.45. The number of aromatic nitrogens is 3. The highest BCUT2D eigenvalue weighted by atomic mass is 15.0. The van der Waals surface area contributed by atoms with Crippen LogP contribution >= 0.6 is 0 Å². The second kappa shape index (κ2) is 11.7. The van der Waals surface area contributed by atoms with Crippen LogP contribution in [0.15, 0.2) is 176 Å². The van der Waals surface area contributed by atoms with Gasteiger partial charge in [0.1, 0.15) is 0 Å². The molecule has 224 valence electrons. The van der Waals surface area contributed by atoms with Crippen molar-refractivity contribution in [3.63, 3.8) is 0 Å². The lowest BCUT2D eigenvalue weighted by molar-refractivity contribution is 1.07. The van der Waals surface area contributed by atoms with Gasteiger partial charge in [-0.25, -0.2) is 15.0 Å². The van der Waals surface area contributed by atoms with E-state index in [1.54, 1.807) is 42.5 Å². The van der Waals surface area contributed by atoms with Crippen molar-refractivity contribution in [1.29, 1.82) is 0 Å². The van der Waals surface area contributed by atoms with Crippen molar-refractivity contribution in [3.05, 3.63) is 176 Å². The van der Waals surface area contributed by atoms with E-state index in [2.05, 4.69) is 0 Å². The standard InChI is InChI=1S/C45H29N3/c1-3-14-30(15-4-1)35-20-7-12-25-41(35)45-47-43(31-16-5-2-6-17-31)46-44(48-45)34-19-13-18-32(28-34)33-26-27-40-38-23-9-8-21-36(38)37-22-10-11-24-39(37)42(40)29-33/h1-29H/i8D,9D,10D,11D,13D,18D,19D,21D,22D,23D,24D,26D,27D,28D,29D. The number of hydrogen-bond acceptors (Lipinski definition) is 3. The molecule has 9 aromatic rings. The van der Waals surface area contributed by atoms with E-state index in [0.29, 0.717) is 11.1 Å². The molecule has 3 nitrogen and oxygen atoms in total. The van der Waals surface area contributed by atoms with Crippen LogP contribution in [0.2, 0.25) is 0 Å². The number of rotatable bonds is 5. The molecule has 0 aliphatic carbocycles. The molecule has 0 aliphatic rings. The molecular weight excluding hydrogens is 583 g/mol. The average molecular weight is 627 g/mol. The van der Waals surface area contributed by atoms with Gasteiger partial charge in [-0.1, -0.05) is 163 Å². The fraction of sp³-hybridized carbons (Fsp3) is 0. The first-order valence-electron chi connectivity index (χ1n) is 22.5. The molecule has 0 amide bonds. The Morgan fingerprint density at radius 1 is 0.312 bits per heavy atom. The van der Waals surface area contributed by atoms with Gasteiger partial charge in [0.05, 0.1) is 20.6 Å². The average Bonchev–Trinajstić information content (AvgIpc) is 3.30. The Kier molecular flexibility index (Phi) is 4.01. The summed E-state index contributed by atoms with van der Waals surface area (Å²) in [6.07, 6.45) is 0. The van der Waals surface area contributed by atoms with Gasteiger partial charge < -0.3 is 0 Å². The maximum absolute atomic E-state index is 9.71. The van der Waals surface area contributed by atoms with Gasteiger partial charge in [-0.15, -0.1) is 0 Å². The van der Waals surface area contributed by atoms with E-state index in [1.807, 2.05) is 42.5 Å². The van der Waals surface area contributed by atoms with Crippen LogP contribution in [0.4, 0.5) is 0 Å². The van der Waals surface area contributed by atoms with Gasteiger partial charge in [0.15, 0.2) is 17.5 Å². The molecule has 0 aliphatic heterocycles. The van der Waals surface area contributed by atoms with Crippen LogP contribution in [0.3, 0.4) is 0 Å². The lowest BCUT2D eigenvalue weighted by Gasteiger charge is -2.13. The van der Waals surface area contributed by atoms with Crippen molar-refractivity contribution in [2.75, 3.05) is 0 Å². The van der Waals surface area contributed by atoms with E-state index in [-0.39, 0.29) is 50.0 Å². The van der Waals surface area contributed by atoms with Crippen LogP contribution in [0.25, 0.3) is 88.7 Å². The quantitative estimate of drug-likeness (QED) is 0.178. The number of benzene rings is 8. The number of hydrogen-bond donors (Lipinski definition) is 0. The van der Waals surface area contributed by atoms with Crippen LogP contribution < -0.4 is 0 Å². The minimum atomic E-state index is -0.774. The summed E-state index contributed by atoms with van der Waals surface area (Å²) in [5.74, 6) is 0.0653. The first-order valence-corrected chi connectivity index (χ1v) is 15.0. The van der Waals surface area contributed by atoms with Gasteiger partial charge in [0.2, 0.25) is 0 Å². The molecule has 0 bridgehead atoms. The Morgan fingerprint density at radius 2 is 0.792 bits per heavy atom. The summed E-state index contributed by atoms with van der Waals surface area (Å²) in [6, 6.07) is 15.2. The predicted molar refractivity (Wildman–Crippen MR) is 200 cm³/mol. The first-order chi connectivity index (χ1) is 30.1. The largest absolute Gasteiger partial charge is 0.208 e. The number of nitrogens with zero attached hydrogens (tertiary/aromatic N) is 3. The number of fused-ring (bicyclic) bond motifs is 6. The molecule has 0 spiro atoms. The molecule has 8 aromatic carbocycles. The van der Waals surface area contributed by atoms with Gasteiger partial charge in [-0.2, -0.15) is 0 Å². The fourth-order valence-corrected chi connectivity index (χ4v) is 5.73. The predicted octanol–water partition coefficient (Wildman–Crippen LogP) is 11.7. The molecule has 0 atom stereocenters. The third-order valence-electron chi connectivity index (χ3n) is 7.96. The normalized spacial score (nSPS) is 15.7. The topological polar surface area (TPSA) is 38.7 Å². The van der Waals surface area contributed by atoms with E-state index >= 15 is 0 Å². The molecular formula is C45H29N3. The highest BCUT2D eigenvalue weighted by Gasteiger charge is 2.16. The SMILES string of the molecule is [2H]c1c([2H])c(-c2nc(-c3ccccc3)nc(-c3ccccc3-c3ccccc3)n2)c([2H])c(-c2c([2H])c([2H])c3c4c([2H])c([2H])c([2H])c([2H])c4c4c([2H])c([2H])c([2H])c([2H])c4c3c2[2H])c1[2H]. The molecule has 0 N–H and O–H groups in total. The van der Waals surface area contributed by atoms with Gasteiger partial charge in [0.25, 0.3) is 0 Å². The van der Waals surface area contributed by atoms with Crippen LogP contribution in [0.5, 0.6) is 0 Å². The van der Waals surface area contributed by atoms with Gasteiger partial charge >= 0.3 is 0 Å². The lowest BCUT2D eigenvalue weighted by Crippen LogP contribution is -2.01. The third-order valence-corrected chi connectivity index (χ3v) is 7.96. The smallest absolute Gasteiger partial charge is 0.164 e. The third kappa shape index (κ3) is 4.90. The van der Waals surface area contributed by atoms with Crippen molar-refractivity contribution in [1.82, 2.24) is 15.0 Å². The van der Waals surface area contributed by atoms with Crippen molar-refractivity contribution in [3.8, 4) is 56.4 Å². The zero-order valence-corrected chi connectivity index (χ0v) is 24.9. The molecule has 0 fully saturated rings. The van der Waals surface area contributed by atoms with Crippen molar-refractivity contribution >= 4 is 32.3 Å². The monoisotopic (exact) mass is 626 g/mol. The Labute approximate surface area is 299 Å².